The van der Waals surface area contributed by atoms with E-state index in [0.717, 1.165) is 63.3 Å². The molecular formula is C37H42N10O3. The first-order valence-electron chi connectivity index (χ1n) is 17.2. The fourth-order valence-electron chi connectivity index (χ4n) is 7.19. The van der Waals surface area contributed by atoms with Gasteiger partial charge in [-0.3, -0.25) is 24.1 Å². The Morgan fingerprint density at radius 3 is 2.46 bits per heavy atom. The number of rotatable bonds is 8. The van der Waals surface area contributed by atoms with Gasteiger partial charge in [0, 0.05) is 68.3 Å². The number of aromatic nitrogens is 4. The number of hydrogen-bond donors (Lipinski definition) is 2. The van der Waals surface area contributed by atoms with E-state index in [-0.39, 0.29) is 23.4 Å². The minimum atomic E-state index is -0.454. The lowest BCUT2D eigenvalue weighted by Gasteiger charge is -2.46. The highest BCUT2D eigenvalue weighted by atomic mass is 16.5. The Labute approximate surface area is 291 Å². The second kappa shape index (κ2) is 14.0. The molecule has 3 N–H and O–H groups in total. The number of nitrogens with one attached hydrogen (secondary N) is 1. The van der Waals surface area contributed by atoms with Gasteiger partial charge >= 0.3 is 0 Å². The van der Waals surface area contributed by atoms with Crippen LogP contribution >= 0.6 is 0 Å². The second-order valence-corrected chi connectivity index (χ2v) is 13.7. The predicted octanol–water partition coefficient (Wildman–Crippen LogP) is 3.74. The van der Waals surface area contributed by atoms with Crippen LogP contribution in [0.1, 0.15) is 43.1 Å². The molecule has 0 aliphatic carbocycles. The first-order valence-corrected chi connectivity index (χ1v) is 17.2. The van der Waals surface area contributed by atoms with Crippen LogP contribution in [-0.2, 0) is 9.53 Å². The average Bonchev–Trinajstić information content (AvgIpc) is 3.51. The van der Waals surface area contributed by atoms with Crippen LogP contribution < -0.4 is 11.1 Å². The Bertz CT molecular complexity index is 1940. The lowest BCUT2D eigenvalue weighted by Crippen LogP contribution is -2.59. The number of anilines is 2. The highest BCUT2D eigenvalue weighted by Gasteiger charge is 2.35. The molecule has 4 aromatic rings. The van der Waals surface area contributed by atoms with Crippen molar-refractivity contribution in [3.8, 4) is 17.3 Å². The maximum Gasteiger partial charge on any atom is 0.264 e. The Morgan fingerprint density at radius 2 is 1.78 bits per heavy atom. The van der Waals surface area contributed by atoms with Crippen LogP contribution in [0, 0.1) is 11.3 Å². The molecule has 3 saturated heterocycles. The van der Waals surface area contributed by atoms with Gasteiger partial charge < -0.3 is 20.7 Å². The number of carbonyl (C=O) groups excluding carboxylic acids is 2. The number of likely N-dealkylation sites (tertiary alicyclic amines) is 1. The van der Waals surface area contributed by atoms with Crippen LogP contribution in [0.2, 0.25) is 0 Å². The van der Waals surface area contributed by atoms with Gasteiger partial charge in [-0.2, -0.15) is 10.4 Å². The van der Waals surface area contributed by atoms with Gasteiger partial charge in [-0.25, -0.2) is 9.97 Å². The molecule has 13 nitrogen and oxygen atoms in total. The zero-order valence-corrected chi connectivity index (χ0v) is 28.5. The zero-order valence-electron chi connectivity index (χ0n) is 28.5. The average molecular weight is 675 g/mol. The number of pyridine rings is 2. The normalized spacial score (nSPS) is 19.6. The van der Waals surface area contributed by atoms with E-state index in [1.807, 2.05) is 35.0 Å². The van der Waals surface area contributed by atoms with Crippen LogP contribution in [0.3, 0.4) is 0 Å². The van der Waals surface area contributed by atoms with E-state index in [1.165, 1.54) is 0 Å². The molecule has 0 bridgehead atoms. The lowest BCUT2D eigenvalue weighted by molar-refractivity contribution is -0.128. The molecule has 3 aromatic heterocycles. The van der Waals surface area contributed by atoms with Gasteiger partial charge in [-0.1, -0.05) is 18.2 Å². The SMILES string of the molecule is CC(C)(/C=C(\C#N)C(=O)N1CCC[C@@H](n2nc(-c3ccc(C(=O)Nc4ccccn4)cc3)c3c(N)nccc32)C1)N1CCN(C2COC2)CC1. The number of piperazine rings is 1. The Hall–Kier alpha value is -5.16. The van der Waals surface area contributed by atoms with Crippen molar-refractivity contribution < 1.29 is 14.3 Å². The summed E-state index contributed by atoms with van der Waals surface area (Å²) in [5, 5.41) is 18.7. The Morgan fingerprint density at radius 1 is 1.00 bits per heavy atom. The third-order valence-corrected chi connectivity index (χ3v) is 10.1. The number of hydrogen-bond acceptors (Lipinski definition) is 10. The third-order valence-electron chi connectivity index (χ3n) is 10.1. The van der Waals surface area contributed by atoms with Crippen molar-refractivity contribution >= 4 is 34.4 Å². The number of nitriles is 1. The maximum atomic E-state index is 13.9. The summed E-state index contributed by atoms with van der Waals surface area (Å²) in [4.78, 5) is 41.8. The topological polar surface area (TPSA) is 159 Å². The monoisotopic (exact) mass is 674 g/mol. The maximum absolute atomic E-state index is 13.9. The zero-order chi connectivity index (χ0) is 34.8. The van der Waals surface area contributed by atoms with Crippen LogP contribution in [0.15, 0.2) is 72.6 Å². The van der Waals surface area contributed by atoms with E-state index in [2.05, 4.69) is 45.0 Å². The molecule has 3 fully saturated rings. The fourth-order valence-corrected chi connectivity index (χ4v) is 7.19. The lowest BCUT2D eigenvalue weighted by atomic mass is 9.96. The quantitative estimate of drug-likeness (QED) is 0.208. The highest BCUT2D eigenvalue weighted by molar-refractivity contribution is 6.05. The molecule has 0 saturated carbocycles. The van der Waals surface area contributed by atoms with Crippen molar-refractivity contribution in [1.82, 2.24) is 34.4 Å². The molecule has 2 amide bonds. The van der Waals surface area contributed by atoms with Crippen molar-refractivity contribution in [2.24, 2.45) is 0 Å². The van der Waals surface area contributed by atoms with Crippen LogP contribution in [0.25, 0.3) is 22.2 Å². The van der Waals surface area contributed by atoms with Crippen molar-refractivity contribution in [3.63, 3.8) is 0 Å². The third kappa shape index (κ3) is 6.69. The first-order chi connectivity index (χ1) is 24.2. The van der Waals surface area contributed by atoms with E-state index >= 15 is 0 Å². The summed E-state index contributed by atoms with van der Waals surface area (Å²) in [6.45, 7) is 10.4. The first kappa shape index (κ1) is 33.3. The summed E-state index contributed by atoms with van der Waals surface area (Å²) >= 11 is 0. The Balaban J connectivity index is 1.09. The molecule has 3 aliphatic heterocycles. The van der Waals surface area contributed by atoms with E-state index in [4.69, 9.17) is 15.6 Å². The molecule has 1 atom stereocenters. The van der Waals surface area contributed by atoms with Crippen molar-refractivity contribution in [2.75, 3.05) is 63.5 Å². The fraction of sp³-hybridized carbons (Fsp3) is 0.405. The number of amides is 2. The molecule has 258 valence electrons. The smallest absolute Gasteiger partial charge is 0.264 e. The van der Waals surface area contributed by atoms with Crippen LogP contribution in [-0.4, -0.2) is 110 Å². The molecule has 50 heavy (non-hydrogen) atoms. The van der Waals surface area contributed by atoms with Gasteiger partial charge in [0.25, 0.3) is 11.8 Å². The molecule has 0 unspecified atom stereocenters. The van der Waals surface area contributed by atoms with Crippen molar-refractivity contribution in [1.29, 1.82) is 5.26 Å². The number of nitrogens with two attached hydrogens (primary N) is 1. The minimum absolute atomic E-state index is 0.134. The van der Waals surface area contributed by atoms with Crippen molar-refractivity contribution in [2.45, 2.75) is 44.3 Å². The predicted molar refractivity (Wildman–Crippen MR) is 190 cm³/mol. The molecule has 3 aliphatic rings. The van der Waals surface area contributed by atoms with Crippen LogP contribution in [0.4, 0.5) is 11.6 Å². The molecule has 1 aromatic carbocycles. The summed E-state index contributed by atoms with van der Waals surface area (Å²) in [6.07, 6.45) is 6.70. The molecular weight excluding hydrogens is 632 g/mol. The number of nitrogens with zero attached hydrogens (tertiary/aromatic N) is 8. The van der Waals surface area contributed by atoms with E-state index in [0.29, 0.717) is 47.4 Å². The van der Waals surface area contributed by atoms with Gasteiger partial charge in [0.2, 0.25) is 0 Å². The standard InChI is InChI=1S/C37H42N10O3/c1-37(2,46-18-16-44(17-19-46)29-23-50-24-29)20-27(21-38)36(49)45-15-5-6-28(22-45)47-30-12-14-41-34(39)32(30)33(43-47)25-8-10-26(11-9-25)35(48)42-31-7-3-4-13-40-31/h3-4,7-14,20,28-29H,5-6,15-19,22-24H2,1-2H3,(H2,39,41)(H,40,42,48)/b27-20+/t28-/m1/s1. The second-order valence-electron chi connectivity index (χ2n) is 13.7. The molecule has 0 radical (unpaired) electrons. The van der Waals surface area contributed by atoms with Gasteiger partial charge in [-0.05, 0) is 63.1 Å². The van der Waals surface area contributed by atoms with E-state index in [1.54, 1.807) is 41.6 Å². The number of ether oxygens (including phenoxy) is 1. The van der Waals surface area contributed by atoms with Gasteiger partial charge in [0.05, 0.1) is 36.2 Å². The number of carbonyl (C=O) groups is 2. The Kier molecular flexibility index (Phi) is 9.33. The van der Waals surface area contributed by atoms with Gasteiger partial charge in [0.1, 0.15) is 29.0 Å². The summed E-state index contributed by atoms with van der Waals surface area (Å²) < 4.78 is 7.31. The van der Waals surface area contributed by atoms with E-state index < -0.39 is 5.54 Å². The number of benzene rings is 1. The van der Waals surface area contributed by atoms with E-state index in [9.17, 15) is 14.9 Å². The molecule has 13 heteroatoms. The van der Waals surface area contributed by atoms with Gasteiger partial charge in [0.15, 0.2) is 0 Å². The number of nitrogen functional groups attached to an aromatic ring is 1. The number of piperidine rings is 1. The van der Waals surface area contributed by atoms with Gasteiger partial charge in [-0.15, -0.1) is 0 Å². The van der Waals surface area contributed by atoms with Crippen LogP contribution in [0.5, 0.6) is 0 Å². The summed E-state index contributed by atoms with van der Waals surface area (Å²) in [6, 6.07) is 17.0. The summed E-state index contributed by atoms with van der Waals surface area (Å²) in [5.41, 5.74) is 8.86. The summed E-state index contributed by atoms with van der Waals surface area (Å²) in [5.74, 6) is 0.297. The molecule has 0 spiro atoms. The summed E-state index contributed by atoms with van der Waals surface area (Å²) in [7, 11) is 0. The minimum Gasteiger partial charge on any atom is -0.383 e. The largest absolute Gasteiger partial charge is 0.383 e. The molecule has 7 rings (SSSR count). The van der Waals surface area contributed by atoms with Crippen molar-refractivity contribution in [3.05, 3.63) is 78.1 Å². The highest BCUT2D eigenvalue weighted by Crippen LogP contribution is 2.35. The number of fused-ring (bicyclic) bond motifs is 1. The molecule has 6 heterocycles.